The van der Waals surface area contributed by atoms with E-state index in [1.807, 2.05) is 42.6 Å². The van der Waals surface area contributed by atoms with Gasteiger partial charge < -0.3 is 19.7 Å². The first-order valence-corrected chi connectivity index (χ1v) is 12.8. The van der Waals surface area contributed by atoms with Gasteiger partial charge in [0.05, 0.1) is 37.0 Å². The molecule has 1 fully saturated rings. The molecule has 3 heterocycles. The molecule has 1 N–H and O–H groups in total. The van der Waals surface area contributed by atoms with Gasteiger partial charge >= 0.3 is 5.92 Å². The molecule has 2 aromatic heterocycles. The van der Waals surface area contributed by atoms with E-state index in [0.29, 0.717) is 30.2 Å². The number of alkyl halides is 2. The fraction of sp³-hybridized carbons (Fsp3) is 0.345. The van der Waals surface area contributed by atoms with Gasteiger partial charge in [-0.15, -0.1) is 0 Å². The topological polar surface area (TPSA) is 81.0 Å². The molecule has 1 aliphatic heterocycles. The van der Waals surface area contributed by atoms with Gasteiger partial charge in [-0.25, -0.2) is 9.50 Å². The number of ether oxygens (including phenoxy) is 2. The summed E-state index contributed by atoms with van der Waals surface area (Å²) in [5.41, 5.74) is 4.68. The van der Waals surface area contributed by atoms with Crippen molar-refractivity contribution >= 4 is 17.2 Å². The van der Waals surface area contributed by atoms with Gasteiger partial charge in [-0.3, -0.25) is 4.79 Å². The summed E-state index contributed by atoms with van der Waals surface area (Å²) in [7, 11) is 3.19. The highest BCUT2D eigenvalue weighted by Gasteiger charge is 2.41. The molecule has 0 bridgehead atoms. The number of benzene rings is 2. The van der Waals surface area contributed by atoms with Crippen molar-refractivity contribution in [1.82, 2.24) is 19.9 Å². The Kier molecular flexibility index (Phi) is 7.12. The number of anilines is 1. The number of halogens is 2. The largest absolute Gasteiger partial charge is 0.493 e. The Morgan fingerprint density at radius 1 is 1.08 bits per heavy atom. The van der Waals surface area contributed by atoms with E-state index < -0.39 is 11.8 Å². The number of carbonyl (C=O) groups is 1. The van der Waals surface area contributed by atoms with Crippen molar-refractivity contribution in [3.05, 3.63) is 71.5 Å². The first kappa shape index (κ1) is 26.4. The lowest BCUT2D eigenvalue weighted by Crippen LogP contribution is -2.40. The minimum atomic E-state index is -3.58. The highest BCUT2D eigenvalue weighted by molar-refractivity contribution is 5.84. The fourth-order valence-corrected chi connectivity index (χ4v) is 5.12. The minimum Gasteiger partial charge on any atom is -0.493 e. The van der Waals surface area contributed by atoms with Gasteiger partial charge in [-0.05, 0) is 50.5 Å². The summed E-state index contributed by atoms with van der Waals surface area (Å²) in [6, 6.07) is 14.8. The number of carbonyl (C=O) groups excluding carboxylic acids is 1. The molecule has 10 heteroatoms. The number of methoxy groups -OCH3 is 2. The SMILES string of the molecule is COc1ccc(-c2c(C)nc3c(N4CC[C@@H](CNC(=O)C(F)(F)c5ccccc5)C4)cc(C)nn23)cc1OC. The van der Waals surface area contributed by atoms with Crippen LogP contribution in [-0.4, -0.2) is 54.4 Å². The number of nitrogens with one attached hydrogen (secondary N) is 1. The minimum absolute atomic E-state index is 0.0235. The first-order valence-electron chi connectivity index (χ1n) is 12.8. The van der Waals surface area contributed by atoms with Gasteiger partial charge in [-0.1, -0.05) is 30.3 Å². The number of rotatable bonds is 8. The second kappa shape index (κ2) is 10.5. The van der Waals surface area contributed by atoms with Crippen LogP contribution in [0.4, 0.5) is 14.5 Å². The number of hydrogen-bond acceptors (Lipinski definition) is 6. The highest BCUT2D eigenvalue weighted by Crippen LogP contribution is 2.36. The number of amides is 1. The van der Waals surface area contributed by atoms with E-state index >= 15 is 0 Å². The lowest BCUT2D eigenvalue weighted by atomic mass is 10.1. The molecule has 39 heavy (non-hydrogen) atoms. The van der Waals surface area contributed by atoms with Crippen molar-refractivity contribution in [2.45, 2.75) is 26.2 Å². The van der Waals surface area contributed by atoms with E-state index in [0.717, 1.165) is 34.8 Å². The number of imidazole rings is 1. The van der Waals surface area contributed by atoms with Crippen LogP contribution in [0.25, 0.3) is 16.9 Å². The molecule has 8 nitrogen and oxygen atoms in total. The van der Waals surface area contributed by atoms with Crippen molar-refractivity contribution in [2.75, 3.05) is 38.8 Å². The molecular weight excluding hydrogens is 504 g/mol. The van der Waals surface area contributed by atoms with Gasteiger partial charge in [0, 0.05) is 30.8 Å². The van der Waals surface area contributed by atoms with Crippen LogP contribution in [0.5, 0.6) is 11.5 Å². The van der Waals surface area contributed by atoms with Crippen LogP contribution in [-0.2, 0) is 10.7 Å². The van der Waals surface area contributed by atoms with Gasteiger partial charge in [0.15, 0.2) is 17.1 Å². The zero-order valence-corrected chi connectivity index (χ0v) is 22.4. The monoisotopic (exact) mass is 535 g/mol. The second-order valence-electron chi connectivity index (χ2n) is 9.77. The molecule has 4 aromatic rings. The molecule has 1 saturated heterocycles. The Balaban J connectivity index is 1.36. The van der Waals surface area contributed by atoms with Crippen molar-refractivity contribution in [3.63, 3.8) is 0 Å². The number of hydrogen-bond donors (Lipinski definition) is 1. The van der Waals surface area contributed by atoms with E-state index in [2.05, 4.69) is 10.2 Å². The fourth-order valence-electron chi connectivity index (χ4n) is 5.12. The molecule has 0 saturated carbocycles. The van der Waals surface area contributed by atoms with Crippen LogP contribution < -0.4 is 19.7 Å². The zero-order valence-electron chi connectivity index (χ0n) is 22.4. The zero-order chi connectivity index (χ0) is 27.7. The summed E-state index contributed by atoms with van der Waals surface area (Å²) in [6.07, 6.45) is 0.757. The smallest absolute Gasteiger partial charge is 0.349 e. The third-order valence-corrected chi connectivity index (χ3v) is 7.12. The Morgan fingerprint density at radius 2 is 1.82 bits per heavy atom. The van der Waals surface area contributed by atoms with Crippen LogP contribution in [0.15, 0.2) is 54.6 Å². The number of fused-ring (bicyclic) bond motifs is 1. The maximum atomic E-state index is 14.6. The van der Waals surface area contributed by atoms with Gasteiger partial charge in [0.1, 0.15) is 0 Å². The summed E-state index contributed by atoms with van der Waals surface area (Å²) in [4.78, 5) is 19.4. The van der Waals surface area contributed by atoms with Crippen LogP contribution >= 0.6 is 0 Å². The lowest BCUT2D eigenvalue weighted by molar-refractivity contribution is -0.147. The third kappa shape index (κ3) is 4.98. The van der Waals surface area contributed by atoms with Crippen molar-refractivity contribution < 1.29 is 23.0 Å². The summed E-state index contributed by atoms with van der Waals surface area (Å²) < 4.78 is 41.9. The normalized spacial score (nSPS) is 15.5. The molecule has 2 aromatic carbocycles. The Hall–Kier alpha value is -4.21. The van der Waals surface area contributed by atoms with Crippen molar-refractivity contribution in [3.8, 4) is 22.8 Å². The summed E-state index contributed by atoms with van der Waals surface area (Å²) >= 11 is 0. The number of nitrogens with zero attached hydrogens (tertiary/aromatic N) is 4. The summed E-state index contributed by atoms with van der Waals surface area (Å²) in [5, 5.41) is 7.22. The van der Waals surface area contributed by atoms with E-state index in [1.54, 1.807) is 20.3 Å². The van der Waals surface area contributed by atoms with Crippen LogP contribution in [0.1, 0.15) is 23.4 Å². The van der Waals surface area contributed by atoms with Crippen LogP contribution in [0.2, 0.25) is 0 Å². The molecule has 0 spiro atoms. The van der Waals surface area contributed by atoms with Crippen molar-refractivity contribution in [1.29, 1.82) is 0 Å². The predicted molar refractivity (Wildman–Crippen MR) is 145 cm³/mol. The molecule has 0 aliphatic carbocycles. The highest BCUT2D eigenvalue weighted by atomic mass is 19.3. The molecule has 1 amide bonds. The third-order valence-electron chi connectivity index (χ3n) is 7.12. The number of aromatic nitrogens is 3. The molecule has 1 aliphatic rings. The van der Waals surface area contributed by atoms with E-state index in [-0.39, 0.29) is 18.0 Å². The van der Waals surface area contributed by atoms with Crippen LogP contribution in [0.3, 0.4) is 0 Å². The van der Waals surface area contributed by atoms with E-state index in [9.17, 15) is 13.6 Å². The molecule has 5 rings (SSSR count). The standard InChI is InChI=1S/C29H31F2N5O3/c1-18-14-23(27-33-19(2)26(36(27)34-18)21-10-11-24(38-3)25(15-21)39-4)35-13-12-20(17-35)16-32-28(37)29(30,31)22-8-6-5-7-9-22/h5-11,14-15,20H,12-13,16-17H2,1-4H3,(H,32,37)/t20-/m0/s1. The molecule has 0 radical (unpaired) electrons. The van der Waals surface area contributed by atoms with Crippen LogP contribution in [0, 0.1) is 19.8 Å². The molecule has 204 valence electrons. The summed E-state index contributed by atoms with van der Waals surface area (Å²) in [6.45, 7) is 5.36. The quantitative estimate of drug-likeness (QED) is 0.350. The van der Waals surface area contributed by atoms with E-state index in [4.69, 9.17) is 19.6 Å². The average molecular weight is 536 g/mol. The van der Waals surface area contributed by atoms with Gasteiger partial charge in [0.25, 0.3) is 5.91 Å². The maximum Gasteiger partial charge on any atom is 0.349 e. The lowest BCUT2D eigenvalue weighted by Gasteiger charge is -2.21. The molecule has 1 atom stereocenters. The predicted octanol–water partition coefficient (Wildman–Crippen LogP) is 4.76. The summed E-state index contributed by atoms with van der Waals surface area (Å²) in [5.74, 6) is -3.59. The Bertz CT molecular complexity index is 1510. The number of aryl methyl sites for hydroxylation is 2. The first-order chi connectivity index (χ1) is 18.7. The van der Waals surface area contributed by atoms with Gasteiger partial charge in [0.2, 0.25) is 0 Å². The maximum absolute atomic E-state index is 14.6. The Morgan fingerprint density at radius 3 is 2.54 bits per heavy atom. The van der Waals surface area contributed by atoms with Gasteiger partial charge in [-0.2, -0.15) is 13.9 Å². The van der Waals surface area contributed by atoms with Crippen molar-refractivity contribution in [2.24, 2.45) is 5.92 Å². The molecule has 0 unspecified atom stereocenters. The molecular formula is C29H31F2N5O3. The average Bonchev–Trinajstić information content (AvgIpc) is 3.55. The van der Waals surface area contributed by atoms with E-state index in [1.165, 1.54) is 24.3 Å². The Labute approximate surface area is 225 Å². The second-order valence-corrected chi connectivity index (χ2v) is 9.77.